The van der Waals surface area contributed by atoms with E-state index in [-0.39, 0.29) is 31.9 Å². The van der Waals surface area contributed by atoms with Crippen molar-refractivity contribution >= 4 is 21.8 Å². The Hall–Kier alpha value is -2.48. The van der Waals surface area contributed by atoms with Crippen LogP contribution in [0.25, 0.3) is 21.8 Å². The van der Waals surface area contributed by atoms with Crippen LogP contribution in [0.5, 0.6) is 11.5 Å². The van der Waals surface area contributed by atoms with E-state index in [1.807, 2.05) is 48.5 Å². The number of hydrogen-bond donors (Lipinski definition) is 2. The summed E-state index contributed by atoms with van der Waals surface area (Å²) in [5.41, 5.74) is 3.55. The molecule has 2 heterocycles. The molecule has 4 nitrogen and oxygen atoms in total. The number of hydrogen-bond acceptors (Lipinski definition) is 4. The third-order valence-electron chi connectivity index (χ3n) is 5.09. The largest absolute Gasteiger partial charge is 0.506 e. The number of nitrogens with zero attached hydrogens (tertiary/aromatic N) is 2. The predicted octanol–water partition coefficient (Wildman–Crippen LogP) is 6.56. The quantitative estimate of drug-likeness (QED) is 0.289. The van der Waals surface area contributed by atoms with E-state index in [4.69, 9.17) is 0 Å². The van der Waals surface area contributed by atoms with E-state index in [2.05, 4.69) is 23.8 Å². The number of unbranched alkanes of at least 4 members (excludes halogenated alkanes) is 2. The first kappa shape index (κ1) is 24.8. The van der Waals surface area contributed by atoms with Crippen molar-refractivity contribution in [1.82, 2.24) is 9.97 Å². The third kappa shape index (κ3) is 6.75. The molecule has 0 fully saturated rings. The molecule has 166 valence electrons. The van der Waals surface area contributed by atoms with Crippen LogP contribution in [0.2, 0.25) is 0 Å². The van der Waals surface area contributed by atoms with Gasteiger partial charge in [-0.1, -0.05) is 63.1 Å². The number of phenolic OH excluding ortho intramolecular Hbond substituents is 2. The van der Waals surface area contributed by atoms with Gasteiger partial charge < -0.3 is 10.2 Å². The van der Waals surface area contributed by atoms with Gasteiger partial charge in [-0.15, -0.1) is 0 Å². The number of phenols is 2. The summed E-state index contributed by atoms with van der Waals surface area (Å²) in [6.07, 6.45) is 6.60. The van der Waals surface area contributed by atoms with Crippen molar-refractivity contribution in [2.45, 2.75) is 52.4 Å². The van der Waals surface area contributed by atoms with Gasteiger partial charge in [-0.05, 0) is 49.9 Å². The van der Waals surface area contributed by atoms with E-state index in [1.165, 1.54) is 12.8 Å². The molecular formula is C26H30N2O2Pd. The number of para-hydroxylation sites is 2. The summed E-state index contributed by atoms with van der Waals surface area (Å²) < 4.78 is 0. The van der Waals surface area contributed by atoms with Crippen LogP contribution < -0.4 is 0 Å². The summed E-state index contributed by atoms with van der Waals surface area (Å²) in [6.45, 7) is 4.33. The van der Waals surface area contributed by atoms with Gasteiger partial charge in [0.2, 0.25) is 0 Å². The minimum absolute atomic E-state index is 0. The predicted molar refractivity (Wildman–Crippen MR) is 124 cm³/mol. The Labute approximate surface area is 198 Å². The minimum atomic E-state index is 0. The average molecular weight is 509 g/mol. The molecule has 0 bridgehead atoms. The molecule has 0 aliphatic heterocycles. The Bertz CT molecular complexity index is 1030. The second kappa shape index (κ2) is 12.4. The summed E-state index contributed by atoms with van der Waals surface area (Å²) in [5, 5.41) is 21.3. The molecule has 2 aromatic carbocycles. The first-order valence-corrected chi connectivity index (χ1v) is 10.8. The molecule has 0 saturated heterocycles. The van der Waals surface area contributed by atoms with E-state index in [0.717, 1.165) is 47.8 Å². The Morgan fingerprint density at radius 2 is 1.03 bits per heavy atom. The van der Waals surface area contributed by atoms with Gasteiger partial charge >= 0.3 is 0 Å². The molecule has 0 radical (unpaired) electrons. The van der Waals surface area contributed by atoms with E-state index >= 15 is 0 Å². The number of aromatic hydroxyl groups is 2. The fraction of sp³-hybridized carbons (Fsp3) is 0.308. The summed E-state index contributed by atoms with van der Waals surface area (Å²) in [4.78, 5) is 8.92. The Kier molecular flexibility index (Phi) is 9.91. The molecule has 2 N–H and O–H groups in total. The molecule has 0 aliphatic rings. The molecule has 2 aromatic heterocycles. The number of benzene rings is 2. The van der Waals surface area contributed by atoms with Crippen LogP contribution in [-0.4, -0.2) is 20.2 Å². The van der Waals surface area contributed by atoms with Crippen molar-refractivity contribution in [2.75, 3.05) is 0 Å². The van der Waals surface area contributed by atoms with Crippen LogP contribution in [0.1, 0.15) is 50.9 Å². The molecule has 0 amide bonds. The van der Waals surface area contributed by atoms with Gasteiger partial charge in [-0.3, -0.25) is 0 Å². The zero-order valence-corrected chi connectivity index (χ0v) is 19.7. The Morgan fingerprint density at radius 3 is 1.42 bits per heavy atom. The molecule has 4 rings (SSSR count). The maximum absolute atomic E-state index is 9.66. The average Bonchev–Trinajstić information content (AvgIpc) is 2.77. The Balaban J connectivity index is 0.000000213. The maximum Gasteiger partial charge on any atom is 0.141 e. The van der Waals surface area contributed by atoms with Crippen LogP contribution in [0.3, 0.4) is 0 Å². The SMILES string of the molecule is CCCCc1ccc2cccc(O)c2n1.CCCCc1ccc2cccc(O)c2n1.[Pd]. The van der Waals surface area contributed by atoms with Crippen LogP contribution in [-0.2, 0) is 33.3 Å². The van der Waals surface area contributed by atoms with Gasteiger partial charge in [-0.2, -0.15) is 0 Å². The second-order valence-electron chi connectivity index (χ2n) is 7.51. The number of rotatable bonds is 6. The molecular weight excluding hydrogens is 479 g/mol. The number of fused-ring (bicyclic) bond motifs is 2. The molecule has 5 heteroatoms. The van der Waals surface area contributed by atoms with Crippen molar-refractivity contribution in [3.63, 3.8) is 0 Å². The maximum atomic E-state index is 9.66. The topological polar surface area (TPSA) is 66.2 Å². The van der Waals surface area contributed by atoms with Gasteiger partial charge in [0.05, 0.1) is 0 Å². The van der Waals surface area contributed by atoms with Crippen molar-refractivity contribution in [1.29, 1.82) is 0 Å². The van der Waals surface area contributed by atoms with Crippen LogP contribution in [0, 0.1) is 0 Å². The van der Waals surface area contributed by atoms with Gasteiger partial charge in [0, 0.05) is 42.6 Å². The van der Waals surface area contributed by atoms with E-state index < -0.39 is 0 Å². The Morgan fingerprint density at radius 1 is 0.613 bits per heavy atom. The van der Waals surface area contributed by atoms with Crippen molar-refractivity contribution in [3.8, 4) is 11.5 Å². The first-order valence-electron chi connectivity index (χ1n) is 10.8. The van der Waals surface area contributed by atoms with Gasteiger partial charge in [-0.25, -0.2) is 9.97 Å². The van der Waals surface area contributed by atoms with Gasteiger partial charge in [0.25, 0.3) is 0 Å². The minimum Gasteiger partial charge on any atom is -0.506 e. The standard InChI is InChI=1S/2C13H15NO.Pd/c2*1-2-3-6-11-9-8-10-5-4-7-12(15)13(10)14-11;/h2*4-5,7-9,15H,2-3,6H2,1H3;. The van der Waals surface area contributed by atoms with Gasteiger partial charge in [0.15, 0.2) is 0 Å². The molecule has 31 heavy (non-hydrogen) atoms. The number of pyridine rings is 2. The van der Waals surface area contributed by atoms with Crippen molar-refractivity contribution < 1.29 is 30.6 Å². The molecule has 0 atom stereocenters. The molecule has 0 unspecified atom stereocenters. The van der Waals surface area contributed by atoms with E-state index in [0.29, 0.717) is 11.0 Å². The zero-order chi connectivity index (χ0) is 21.3. The summed E-state index contributed by atoms with van der Waals surface area (Å²) in [5.74, 6) is 0.539. The molecule has 0 aliphatic carbocycles. The number of aromatic nitrogens is 2. The molecule has 4 aromatic rings. The fourth-order valence-corrected chi connectivity index (χ4v) is 3.34. The van der Waals surface area contributed by atoms with Crippen molar-refractivity contribution in [3.05, 3.63) is 72.1 Å². The van der Waals surface area contributed by atoms with Gasteiger partial charge in [0.1, 0.15) is 22.5 Å². The fourth-order valence-electron chi connectivity index (χ4n) is 3.34. The summed E-state index contributed by atoms with van der Waals surface area (Å²) in [6, 6.07) is 19.1. The number of aryl methyl sites for hydroxylation is 2. The zero-order valence-electron chi connectivity index (χ0n) is 18.1. The second-order valence-corrected chi connectivity index (χ2v) is 7.51. The van der Waals surface area contributed by atoms with E-state index in [1.54, 1.807) is 12.1 Å². The summed E-state index contributed by atoms with van der Waals surface area (Å²) in [7, 11) is 0. The van der Waals surface area contributed by atoms with Crippen LogP contribution in [0.15, 0.2) is 60.7 Å². The normalized spacial score (nSPS) is 10.4. The summed E-state index contributed by atoms with van der Waals surface area (Å²) >= 11 is 0. The van der Waals surface area contributed by atoms with E-state index in [9.17, 15) is 10.2 Å². The first-order chi connectivity index (χ1) is 14.6. The molecule has 0 saturated carbocycles. The molecule has 0 spiro atoms. The van der Waals surface area contributed by atoms with Crippen molar-refractivity contribution in [2.24, 2.45) is 0 Å². The van der Waals surface area contributed by atoms with Crippen LogP contribution >= 0.6 is 0 Å². The van der Waals surface area contributed by atoms with Crippen LogP contribution in [0.4, 0.5) is 0 Å². The monoisotopic (exact) mass is 508 g/mol. The third-order valence-corrected chi connectivity index (χ3v) is 5.09. The smallest absolute Gasteiger partial charge is 0.141 e.